The normalized spacial score (nSPS) is 13.6. The molecule has 4 aliphatic heterocycles. The van der Waals surface area contributed by atoms with Gasteiger partial charge in [0.05, 0.1) is 0 Å². The zero-order valence-electron chi connectivity index (χ0n) is 29.3. The molecule has 54 heavy (non-hydrogen) atoms. The van der Waals surface area contributed by atoms with Gasteiger partial charge in [-0.1, -0.05) is 115 Å². The van der Waals surface area contributed by atoms with Crippen LogP contribution in [0.15, 0.2) is 188 Å². The van der Waals surface area contributed by atoms with Crippen molar-refractivity contribution in [3.05, 3.63) is 188 Å². The first-order valence-electron chi connectivity index (χ1n) is 18.7. The second kappa shape index (κ2) is 11.3. The van der Waals surface area contributed by atoms with Crippen molar-refractivity contribution >= 4 is 86.4 Å². The van der Waals surface area contributed by atoms with Gasteiger partial charge in [-0.05, 0) is 106 Å². The van der Waals surface area contributed by atoms with E-state index in [4.69, 9.17) is 4.74 Å². The van der Waals surface area contributed by atoms with E-state index in [1.807, 2.05) is 0 Å². The van der Waals surface area contributed by atoms with Gasteiger partial charge in [0.25, 0.3) is 6.71 Å². The Hall–Kier alpha value is -6.91. The fourth-order valence-corrected chi connectivity index (χ4v) is 9.54. The fourth-order valence-electron chi connectivity index (χ4n) is 9.54. The lowest BCUT2D eigenvalue weighted by atomic mass is 9.32. The summed E-state index contributed by atoms with van der Waals surface area (Å²) in [6.45, 7) is -0.0225. The molecule has 0 saturated carbocycles. The highest BCUT2D eigenvalue weighted by atomic mass is 16.5. The largest absolute Gasteiger partial charge is 0.458 e. The lowest BCUT2D eigenvalue weighted by Crippen LogP contribution is -2.68. The van der Waals surface area contributed by atoms with Crippen LogP contribution in [0.3, 0.4) is 0 Å². The first-order chi connectivity index (χ1) is 26.8. The summed E-state index contributed by atoms with van der Waals surface area (Å²) < 4.78 is 6.96. The molecule has 0 saturated heterocycles. The van der Waals surface area contributed by atoms with E-state index in [0.717, 1.165) is 39.9 Å². The summed E-state index contributed by atoms with van der Waals surface area (Å²) in [7, 11) is 0. The Kier molecular flexibility index (Phi) is 6.20. The van der Waals surface area contributed by atoms with Crippen molar-refractivity contribution in [2.24, 2.45) is 0 Å². The van der Waals surface area contributed by atoms with Crippen LogP contribution in [0.5, 0.6) is 11.5 Å². The third-order valence-electron chi connectivity index (χ3n) is 11.6. The molecule has 0 aliphatic carbocycles. The zero-order chi connectivity index (χ0) is 35.3. The number of para-hydroxylation sites is 6. The van der Waals surface area contributed by atoms with Crippen LogP contribution in [-0.4, -0.2) is 13.6 Å². The van der Waals surface area contributed by atoms with Gasteiger partial charge >= 0.3 is 6.85 Å². The lowest BCUT2D eigenvalue weighted by molar-refractivity contribution is 0.488. The molecule has 0 N–H and O–H groups in total. The van der Waals surface area contributed by atoms with E-state index in [9.17, 15) is 0 Å². The summed E-state index contributed by atoms with van der Waals surface area (Å²) in [6.07, 6.45) is 0. The van der Waals surface area contributed by atoms with Crippen molar-refractivity contribution in [1.29, 1.82) is 0 Å². The summed E-state index contributed by atoms with van der Waals surface area (Å²) >= 11 is 0. The van der Waals surface area contributed by atoms with Gasteiger partial charge in [0.1, 0.15) is 11.5 Å². The number of nitrogens with zero attached hydrogens (tertiary/aromatic N) is 3. The summed E-state index contributed by atoms with van der Waals surface area (Å²) in [5, 5.41) is 0. The van der Waals surface area contributed by atoms with E-state index in [2.05, 4.69) is 203 Å². The van der Waals surface area contributed by atoms with E-state index in [0.29, 0.717) is 0 Å². The van der Waals surface area contributed by atoms with Crippen molar-refractivity contribution < 1.29 is 4.74 Å². The van der Waals surface area contributed by atoms with Crippen molar-refractivity contribution in [2.45, 2.75) is 0 Å². The monoisotopic (exact) mass is 687 g/mol. The molecule has 6 heteroatoms. The van der Waals surface area contributed by atoms with Gasteiger partial charge in [-0.2, -0.15) is 0 Å². The minimum Gasteiger partial charge on any atom is -0.458 e. The molecule has 0 amide bonds. The maximum atomic E-state index is 6.96. The van der Waals surface area contributed by atoms with E-state index in [1.54, 1.807) is 0 Å². The summed E-state index contributed by atoms with van der Waals surface area (Å²) in [5.41, 5.74) is 18.1. The van der Waals surface area contributed by atoms with Gasteiger partial charge in [0.2, 0.25) is 0 Å². The highest BCUT2D eigenvalue weighted by Gasteiger charge is 2.51. The Balaban J connectivity index is 1.19. The standard InChI is InChI=1S/C48H31B2N3O/c1-4-16-32(17-5-1)51(33-18-6-2-7-19-33)35-28-29-36-37-31-45-47-48-46(37)50(53(43(36)30-35)34-20-8-3-9-21-34)39-23-11-14-26-42(39)52(48)41-25-13-10-22-38(41)49(47)40-24-12-15-27-44(40)54-45/h1-31H. The van der Waals surface area contributed by atoms with E-state index < -0.39 is 0 Å². The minimum atomic E-state index is -0.0807. The molecule has 4 nitrogen and oxygen atoms in total. The molecule has 0 atom stereocenters. The molecule has 0 bridgehead atoms. The molecule has 0 aromatic heterocycles. The van der Waals surface area contributed by atoms with Crippen LogP contribution in [0.2, 0.25) is 0 Å². The highest BCUT2D eigenvalue weighted by molar-refractivity contribution is 7.01. The highest BCUT2D eigenvalue weighted by Crippen LogP contribution is 2.50. The molecular formula is C48H31B2N3O. The summed E-state index contributed by atoms with van der Waals surface area (Å²) in [6, 6.07) is 68.2. The maximum Gasteiger partial charge on any atom is 0.333 e. The summed E-state index contributed by atoms with van der Waals surface area (Å²) in [4.78, 5) is 7.47. The van der Waals surface area contributed by atoms with Crippen LogP contribution >= 0.6 is 0 Å². The minimum absolute atomic E-state index is 0.0582. The number of rotatable bonds is 4. The number of ether oxygens (including phenoxy) is 1. The molecule has 8 aromatic rings. The summed E-state index contributed by atoms with van der Waals surface area (Å²) in [5.74, 6) is 1.86. The number of benzene rings is 8. The van der Waals surface area contributed by atoms with Gasteiger partial charge in [0.15, 0.2) is 0 Å². The fraction of sp³-hybridized carbons (Fsp3) is 0. The van der Waals surface area contributed by atoms with Gasteiger partial charge in [-0.3, -0.25) is 0 Å². The van der Waals surface area contributed by atoms with Crippen molar-refractivity contribution in [2.75, 3.05) is 14.6 Å². The average molecular weight is 687 g/mol. The molecule has 0 fully saturated rings. The number of fused-ring (bicyclic) bond motifs is 10. The lowest BCUT2D eigenvalue weighted by Gasteiger charge is -2.50. The van der Waals surface area contributed by atoms with Crippen LogP contribution < -0.4 is 46.7 Å². The molecule has 4 heterocycles. The molecule has 12 rings (SSSR count). The van der Waals surface area contributed by atoms with Crippen LogP contribution in [0, 0.1) is 0 Å². The predicted molar refractivity (Wildman–Crippen MR) is 226 cm³/mol. The van der Waals surface area contributed by atoms with Crippen LogP contribution in [-0.2, 0) is 0 Å². The van der Waals surface area contributed by atoms with Gasteiger partial charge < -0.3 is 19.3 Å². The molecule has 0 radical (unpaired) electrons. The van der Waals surface area contributed by atoms with Crippen LogP contribution in [0.1, 0.15) is 0 Å². The quantitative estimate of drug-likeness (QED) is 0.172. The van der Waals surface area contributed by atoms with Crippen molar-refractivity contribution in [1.82, 2.24) is 0 Å². The molecular weight excluding hydrogens is 656 g/mol. The van der Waals surface area contributed by atoms with Crippen molar-refractivity contribution in [3.8, 4) is 22.6 Å². The van der Waals surface area contributed by atoms with Gasteiger partial charge in [-0.15, -0.1) is 0 Å². The first-order valence-corrected chi connectivity index (χ1v) is 18.7. The molecule has 250 valence electrons. The Morgan fingerprint density at radius 3 is 1.74 bits per heavy atom. The topological polar surface area (TPSA) is 19.0 Å². The molecule has 0 spiro atoms. The van der Waals surface area contributed by atoms with Gasteiger partial charge in [-0.25, -0.2) is 0 Å². The first kappa shape index (κ1) is 29.6. The third kappa shape index (κ3) is 4.05. The number of anilines is 8. The maximum absolute atomic E-state index is 6.96. The van der Waals surface area contributed by atoms with E-state index >= 15 is 0 Å². The van der Waals surface area contributed by atoms with E-state index in [-0.39, 0.29) is 13.6 Å². The number of hydrogen-bond donors (Lipinski definition) is 0. The predicted octanol–water partition coefficient (Wildman–Crippen LogP) is 8.80. The SMILES string of the molecule is c1ccc(N2B3c4ccccc4N4c5ccccc5B5c6ccccc6Oc6cc(c3c4c65)-c3ccc(N(c4ccccc4)c4ccccc4)cc32)cc1. The molecule has 8 aromatic carbocycles. The van der Waals surface area contributed by atoms with Gasteiger partial charge in [0, 0.05) is 51.1 Å². The Morgan fingerprint density at radius 2 is 1.02 bits per heavy atom. The second-order valence-corrected chi connectivity index (χ2v) is 14.4. The molecule has 4 aliphatic rings. The molecule has 0 unspecified atom stereocenters. The number of hydrogen-bond acceptors (Lipinski definition) is 4. The third-order valence-corrected chi connectivity index (χ3v) is 11.6. The smallest absolute Gasteiger partial charge is 0.333 e. The van der Waals surface area contributed by atoms with Crippen LogP contribution in [0.25, 0.3) is 11.1 Å². The van der Waals surface area contributed by atoms with Crippen LogP contribution in [0.4, 0.5) is 45.5 Å². The average Bonchev–Trinajstić information content (AvgIpc) is 3.24. The Labute approximate surface area is 315 Å². The zero-order valence-corrected chi connectivity index (χ0v) is 29.3. The van der Waals surface area contributed by atoms with Crippen molar-refractivity contribution in [3.63, 3.8) is 0 Å². The second-order valence-electron chi connectivity index (χ2n) is 14.4. The Bertz CT molecular complexity index is 2750. The van der Waals surface area contributed by atoms with E-state index in [1.165, 1.54) is 55.5 Å². The Morgan fingerprint density at radius 1 is 0.426 bits per heavy atom.